The van der Waals surface area contributed by atoms with Gasteiger partial charge in [-0.3, -0.25) is 14.4 Å². The van der Waals surface area contributed by atoms with E-state index in [1.54, 1.807) is 0 Å². The van der Waals surface area contributed by atoms with Crippen LogP contribution in [0.2, 0.25) is 0 Å². The number of ether oxygens (including phenoxy) is 3. The second kappa shape index (κ2) is 59.6. The van der Waals surface area contributed by atoms with Crippen LogP contribution in [-0.2, 0) is 28.6 Å². The molecule has 6 nitrogen and oxygen atoms in total. The summed E-state index contributed by atoms with van der Waals surface area (Å²) >= 11 is 0. The van der Waals surface area contributed by atoms with Crippen molar-refractivity contribution >= 4 is 17.9 Å². The number of carbonyl (C=O) groups excluding carboxylic acids is 3. The molecule has 1 unspecified atom stereocenters. The van der Waals surface area contributed by atoms with Crippen LogP contribution in [0.25, 0.3) is 0 Å². The van der Waals surface area contributed by atoms with Gasteiger partial charge >= 0.3 is 17.9 Å². The number of rotatable bonds is 53. The summed E-state index contributed by atoms with van der Waals surface area (Å²) < 4.78 is 16.8. The minimum Gasteiger partial charge on any atom is -0.462 e. The zero-order valence-electron chi connectivity index (χ0n) is 46.9. The minimum absolute atomic E-state index is 0.0860. The molecule has 0 fully saturated rings. The van der Waals surface area contributed by atoms with Gasteiger partial charge in [0.25, 0.3) is 0 Å². The zero-order chi connectivity index (χ0) is 52.2. The molecule has 0 aromatic rings. The molecule has 0 saturated heterocycles. The average molecular weight is 1000 g/mol. The first kappa shape index (κ1) is 68.1. The molecule has 0 radical (unpaired) electrons. The van der Waals surface area contributed by atoms with E-state index < -0.39 is 6.10 Å². The van der Waals surface area contributed by atoms with Gasteiger partial charge in [-0.2, -0.15) is 0 Å². The maximum atomic E-state index is 12.8. The van der Waals surface area contributed by atoms with Crippen LogP contribution in [0.4, 0.5) is 0 Å². The Bertz CT molecular complexity index is 1470. The Hall–Kier alpha value is -3.93. The standard InChI is InChI=1S/C66H110O6/c1-4-7-10-13-16-18-20-22-24-26-28-30-31-32-33-34-35-37-38-40-42-44-46-48-50-53-56-59-65(68)71-62-63(61-70-64(67)58-55-52-15-12-9-6-3)72-66(69)60-57-54-51-49-47-45-43-41-39-36-29-27-25-23-21-19-17-14-11-8-5-2/h7-8,10-11,16-19,22-25,28-30,36,41,43,63H,4-6,9,12-15,20-21,26-27,31-35,37-40,42,44-62H2,1-3H3/b10-7-,11-8-,18-16-,19-17-,24-22-,25-23-,30-28-,36-29-,43-41-. The van der Waals surface area contributed by atoms with Crippen molar-refractivity contribution in [2.75, 3.05) is 13.2 Å². The van der Waals surface area contributed by atoms with E-state index in [1.165, 1.54) is 96.3 Å². The molecule has 0 bridgehead atoms. The van der Waals surface area contributed by atoms with Crippen molar-refractivity contribution in [3.63, 3.8) is 0 Å². The van der Waals surface area contributed by atoms with Crippen molar-refractivity contribution in [2.24, 2.45) is 0 Å². The van der Waals surface area contributed by atoms with Crippen LogP contribution in [0.1, 0.15) is 271 Å². The number of allylic oxidation sites excluding steroid dienone is 18. The van der Waals surface area contributed by atoms with Gasteiger partial charge in [0.15, 0.2) is 6.10 Å². The third-order valence-corrected chi connectivity index (χ3v) is 12.5. The fourth-order valence-corrected chi connectivity index (χ4v) is 8.11. The number of hydrogen-bond donors (Lipinski definition) is 0. The molecule has 6 heteroatoms. The second-order valence-electron chi connectivity index (χ2n) is 19.5. The van der Waals surface area contributed by atoms with Crippen LogP contribution >= 0.6 is 0 Å². The second-order valence-corrected chi connectivity index (χ2v) is 19.5. The van der Waals surface area contributed by atoms with Gasteiger partial charge in [-0.15, -0.1) is 0 Å². The molecule has 0 rings (SSSR count). The van der Waals surface area contributed by atoms with Crippen molar-refractivity contribution < 1.29 is 28.6 Å². The Kier molecular flexibility index (Phi) is 56.4. The third kappa shape index (κ3) is 57.0. The largest absolute Gasteiger partial charge is 0.462 e. The van der Waals surface area contributed by atoms with Crippen molar-refractivity contribution in [3.05, 3.63) is 109 Å². The van der Waals surface area contributed by atoms with E-state index in [-0.39, 0.29) is 31.1 Å². The number of carbonyl (C=O) groups is 3. The maximum absolute atomic E-state index is 12.8. The molecule has 0 N–H and O–H groups in total. The van der Waals surface area contributed by atoms with E-state index in [2.05, 4.69) is 130 Å². The van der Waals surface area contributed by atoms with Gasteiger partial charge in [0.2, 0.25) is 0 Å². The summed E-state index contributed by atoms with van der Waals surface area (Å²) in [6.45, 7) is 6.34. The number of hydrogen-bond acceptors (Lipinski definition) is 6. The Morgan fingerprint density at radius 2 is 0.542 bits per heavy atom. The first-order chi connectivity index (χ1) is 35.5. The monoisotopic (exact) mass is 999 g/mol. The topological polar surface area (TPSA) is 78.9 Å². The summed E-state index contributed by atoms with van der Waals surface area (Å²) in [6.07, 6.45) is 81.2. The number of unbranched alkanes of at least 4 members (excludes halogenated alkanes) is 24. The van der Waals surface area contributed by atoms with Gasteiger partial charge in [0.05, 0.1) is 0 Å². The fraction of sp³-hybridized carbons (Fsp3) is 0.682. The van der Waals surface area contributed by atoms with Crippen molar-refractivity contribution in [3.8, 4) is 0 Å². The van der Waals surface area contributed by atoms with Crippen molar-refractivity contribution in [2.45, 2.75) is 277 Å². The average Bonchev–Trinajstić information content (AvgIpc) is 3.38. The summed E-state index contributed by atoms with van der Waals surface area (Å²) in [7, 11) is 0. The Labute approximate surface area is 444 Å². The molecule has 0 heterocycles. The molecule has 0 amide bonds. The molecule has 72 heavy (non-hydrogen) atoms. The molecule has 410 valence electrons. The van der Waals surface area contributed by atoms with E-state index in [0.717, 1.165) is 135 Å². The highest BCUT2D eigenvalue weighted by molar-refractivity contribution is 5.71. The van der Waals surface area contributed by atoms with Crippen molar-refractivity contribution in [1.29, 1.82) is 0 Å². The lowest BCUT2D eigenvalue weighted by atomic mass is 10.0. The summed E-state index contributed by atoms with van der Waals surface area (Å²) in [4.78, 5) is 37.9. The van der Waals surface area contributed by atoms with Crippen LogP contribution < -0.4 is 0 Å². The fourth-order valence-electron chi connectivity index (χ4n) is 8.11. The summed E-state index contributed by atoms with van der Waals surface area (Å²) in [5, 5.41) is 0. The predicted octanol–water partition coefficient (Wildman–Crippen LogP) is 20.3. The lowest BCUT2D eigenvalue weighted by Gasteiger charge is -2.18. The molecule has 0 aliphatic rings. The van der Waals surface area contributed by atoms with Crippen LogP contribution in [0, 0.1) is 0 Å². The Balaban J connectivity index is 4.14. The van der Waals surface area contributed by atoms with Crippen LogP contribution in [0.5, 0.6) is 0 Å². The van der Waals surface area contributed by atoms with Crippen LogP contribution in [0.3, 0.4) is 0 Å². The van der Waals surface area contributed by atoms with E-state index in [1.807, 2.05) is 0 Å². The minimum atomic E-state index is -0.787. The quantitative estimate of drug-likeness (QED) is 0.0261. The van der Waals surface area contributed by atoms with Gasteiger partial charge in [-0.1, -0.05) is 259 Å². The van der Waals surface area contributed by atoms with Gasteiger partial charge in [-0.25, -0.2) is 0 Å². The summed E-state index contributed by atoms with van der Waals surface area (Å²) in [6, 6.07) is 0. The zero-order valence-corrected chi connectivity index (χ0v) is 46.9. The molecule has 0 aliphatic heterocycles. The molecule has 0 aromatic carbocycles. The highest BCUT2D eigenvalue weighted by Gasteiger charge is 2.19. The molecule has 0 saturated carbocycles. The highest BCUT2D eigenvalue weighted by Crippen LogP contribution is 2.16. The maximum Gasteiger partial charge on any atom is 0.306 e. The van der Waals surface area contributed by atoms with Gasteiger partial charge in [-0.05, 0) is 103 Å². The predicted molar refractivity (Wildman–Crippen MR) is 311 cm³/mol. The van der Waals surface area contributed by atoms with Crippen LogP contribution in [-0.4, -0.2) is 37.2 Å². The summed E-state index contributed by atoms with van der Waals surface area (Å²) in [5.74, 6) is -0.913. The van der Waals surface area contributed by atoms with Gasteiger partial charge in [0, 0.05) is 19.3 Å². The Morgan fingerprint density at radius 1 is 0.292 bits per heavy atom. The smallest absolute Gasteiger partial charge is 0.306 e. The summed E-state index contributed by atoms with van der Waals surface area (Å²) in [5.41, 5.74) is 0. The van der Waals surface area contributed by atoms with Crippen LogP contribution in [0.15, 0.2) is 109 Å². The molecule has 0 aliphatic carbocycles. The normalized spacial score (nSPS) is 12.9. The van der Waals surface area contributed by atoms with Gasteiger partial charge < -0.3 is 14.2 Å². The molecular formula is C66H110O6. The van der Waals surface area contributed by atoms with E-state index >= 15 is 0 Å². The SMILES string of the molecule is CC/C=C\C/C=C\C/C=C\C/C=C\C/C=C\CCCCCCCC(=O)OC(COC(=O)CCCCCCCC)COC(=O)CCCCCCCCCCCCCCCC/C=C\C/C=C\C/C=C\C/C=C\CC. The Morgan fingerprint density at radius 3 is 0.847 bits per heavy atom. The van der Waals surface area contributed by atoms with E-state index in [0.29, 0.717) is 19.3 Å². The van der Waals surface area contributed by atoms with E-state index in [9.17, 15) is 14.4 Å². The molecule has 1 atom stereocenters. The van der Waals surface area contributed by atoms with E-state index in [4.69, 9.17) is 14.2 Å². The highest BCUT2D eigenvalue weighted by atomic mass is 16.6. The first-order valence-corrected chi connectivity index (χ1v) is 29.9. The number of esters is 3. The van der Waals surface area contributed by atoms with Crippen molar-refractivity contribution in [1.82, 2.24) is 0 Å². The molecular weight excluding hydrogens is 889 g/mol. The lowest BCUT2D eigenvalue weighted by molar-refractivity contribution is -0.167. The molecule has 0 aromatic heterocycles. The molecule has 0 spiro atoms. The third-order valence-electron chi connectivity index (χ3n) is 12.5. The van der Waals surface area contributed by atoms with Gasteiger partial charge in [0.1, 0.15) is 13.2 Å². The lowest BCUT2D eigenvalue weighted by Crippen LogP contribution is -2.30. The first-order valence-electron chi connectivity index (χ1n) is 29.9.